The molecule has 7 heteroatoms. The van der Waals surface area contributed by atoms with Crippen molar-refractivity contribution in [1.82, 2.24) is 10.2 Å². The molecule has 1 N–H and O–H groups in total. The zero-order chi connectivity index (χ0) is 23.2. The Labute approximate surface area is 186 Å². The second-order valence-corrected chi connectivity index (χ2v) is 10.4. The lowest BCUT2D eigenvalue weighted by atomic mass is 9.77. The molecule has 2 heterocycles. The number of likely N-dealkylation sites (N-methyl/N-ethyl adjacent to an activating group) is 1. The van der Waals surface area contributed by atoms with Crippen molar-refractivity contribution in [2.45, 2.75) is 71.3 Å². The van der Waals surface area contributed by atoms with Crippen LogP contribution in [-0.4, -0.2) is 49.5 Å². The number of nitrogens with one attached hydrogen (secondary N) is 1. The highest BCUT2D eigenvalue weighted by molar-refractivity contribution is 6.55. The SMILES string of the molecule is COC1C(NC(=O)c2ccc(C(C)(C)C)cc2)=CC(B2OC(C)(C)C(C)(C)O2)=CN1C. The molecule has 31 heavy (non-hydrogen) atoms. The monoisotopic (exact) mass is 426 g/mol. The lowest BCUT2D eigenvalue weighted by Gasteiger charge is -2.32. The first-order valence-electron chi connectivity index (χ1n) is 10.7. The largest absolute Gasteiger partial charge is 0.496 e. The fraction of sp³-hybridized carbons (Fsp3) is 0.542. The van der Waals surface area contributed by atoms with Gasteiger partial charge in [-0.1, -0.05) is 32.9 Å². The van der Waals surface area contributed by atoms with Gasteiger partial charge in [0.2, 0.25) is 0 Å². The molecule has 1 aromatic carbocycles. The maximum atomic E-state index is 13.0. The van der Waals surface area contributed by atoms with E-state index in [9.17, 15) is 4.79 Å². The van der Waals surface area contributed by atoms with Crippen LogP contribution in [0.2, 0.25) is 0 Å². The van der Waals surface area contributed by atoms with Gasteiger partial charge in [0.1, 0.15) is 0 Å². The quantitative estimate of drug-likeness (QED) is 0.737. The van der Waals surface area contributed by atoms with E-state index in [0.717, 1.165) is 5.47 Å². The molecule has 0 saturated carbocycles. The van der Waals surface area contributed by atoms with Crippen molar-refractivity contribution in [2.75, 3.05) is 14.2 Å². The number of methoxy groups -OCH3 is 1. The molecule has 1 atom stereocenters. The van der Waals surface area contributed by atoms with Gasteiger partial charge in [-0.15, -0.1) is 0 Å². The summed E-state index contributed by atoms with van der Waals surface area (Å²) in [5, 5.41) is 3.02. The van der Waals surface area contributed by atoms with Gasteiger partial charge in [-0.2, -0.15) is 0 Å². The van der Waals surface area contributed by atoms with Crippen molar-refractivity contribution in [3.05, 3.63) is 58.8 Å². The summed E-state index contributed by atoms with van der Waals surface area (Å²) in [6.07, 6.45) is 3.41. The maximum absolute atomic E-state index is 13.0. The predicted octanol–water partition coefficient (Wildman–Crippen LogP) is 4.03. The first kappa shape index (κ1) is 23.6. The standard InChI is InChI=1S/C24H35BN2O4/c1-22(2,3)17-12-10-16(11-13-17)20(28)26-19-14-18(15-27(8)21(19)29-9)25-30-23(4,5)24(6,7)31-25/h10-15,21H,1-9H3,(H,26,28). The van der Waals surface area contributed by atoms with Crippen LogP contribution < -0.4 is 5.32 Å². The zero-order valence-corrected chi connectivity index (χ0v) is 20.2. The fourth-order valence-electron chi connectivity index (χ4n) is 3.63. The topological polar surface area (TPSA) is 60.0 Å². The van der Waals surface area contributed by atoms with E-state index < -0.39 is 24.5 Å². The van der Waals surface area contributed by atoms with Gasteiger partial charge in [0.25, 0.3) is 5.91 Å². The summed E-state index contributed by atoms with van der Waals surface area (Å²) in [5.74, 6) is -0.183. The Balaban J connectivity index is 1.83. The van der Waals surface area contributed by atoms with Crippen molar-refractivity contribution in [2.24, 2.45) is 0 Å². The number of amides is 1. The summed E-state index contributed by atoms with van der Waals surface area (Å²) >= 11 is 0. The van der Waals surface area contributed by atoms with Gasteiger partial charge in [-0.05, 0) is 56.9 Å². The number of nitrogens with zero attached hydrogens (tertiary/aromatic N) is 1. The molecular formula is C24H35BN2O4. The smallest absolute Gasteiger partial charge is 0.399 e. The van der Waals surface area contributed by atoms with Gasteiger partial charge in [0.15, 0.2) is 6.23 Å². The first-order valence-corrected chi connectivity index (χ1v) is 10.7. The molecule has 0 radical (unpaired) electrons. The third-order valence-corrected chi connectivity index (χ3v) is 6.33. The third-order valence-electron chi connectivity index (χ3n) is 6.33. The van der Waals surface area contributed by atoms with Crippen molar-refractivity contribution in [1.29, 1.82) is 0 Å². The van der Waals surface area contributed by atoms with Crippen molar-refractivity contribution in [3.8, 4) is 0 Å². The van der Waals surface area contributed by atoms with Gasteiger partial charge in [-0.25, -0.2) is 0 Å². The Morgan fingerprint density at radius 3 is 2.13 bits per heavy atom. The van der Waals surface area contributed by atoms with Gasteiger partial charge < -0.3 is 24.3 Å². The molecule has 0 aliphatic carbocycles. The molecule has 2 aliphatic rings. The number of hydrogen-bond donors (Lipinski definition) is 1. The summed E-state index contributed by atoms with van der Waals surface area (Å²) in [4.78, 5) is 14.9. The lowest BCUT2D eigenvalue weighted by Crippen LogP contribution is -2.42. The summed E-state index contributed by atoms with van der Waals surface area (Å²) in [6, 6.07) is 7.71. The Kier molecular flexibility index (Phi) is 6.17. The van der Waals surface area contributed by atoms with Crippen LogP contribution in [0.15, 0.2) is 47.7 Å². The van der Waals surface area contributed by atoms with Crippen LogP contribution in [0.3, 0.4) is 0 Å². The van der Waals surface area contributed by atoms with Crippen LogP contribution in [0.5, 0.6) is 0 Å². The average Bonchev–Trinajstić information content (AvgIpc) is 2.88. The van der Waals surface area contributed by atoms with E-state index in [2.05, 4.69) is 26.1 Å². The zero-order valence-electron chi connectivity index (χ0n) is 20.2. The summed E-state index contributed by atoms with van der Waals surface area (Å²) < 4.78 is 18.0. The van der Waals surface area contributed by atoms with E-state index >= 15 is 0 Å². The normalized spacial score (nSPS) is 22.8. The number of ether oxygens (including phenoxy) is 1. The van der Waals surface area contributed by atoms with E-state index in [1.807, 2.05) is 76.2 Å². The average molecular weight is 426 g/mol. The highest BCUT2D eigenvalue weighted by atomic mass is 16.7. The summed E-state index contributed by atoms with van der Waals surface area (Å²) in [6.45, 7) is 14.5. The second kappa shape index (κ2) is 8.12. The van der Waals surface area contributed by atoms with Gasteiger partial charge in [-0.3, -0.25) is 4.79 Å². The molecular weight excluding hydrogens is 391 g/mol. The number of allylic oxidation sites excluding steroid dienone is 2. The number of rotatable bonds is 4. The Bertz CT molecular complexity index is 881. The van der Waals surface area contributed by atoms with E-state index in [1.54, 1.807) is 7.11 Å². The fourth-order valence-corrected chi connectivity index (χ4v) is 3.63. The number of hydrogen-bond acceptors (Lipinski definition) is 5. The minimum atomic E-state index is -0.525. The third kappa shape index (κ3) is 4.74. The van der Waals surface area contributed by atoms with Crippen molar-refractivity contribution in [3.63, 3.8) is 0 Å². The van der Waals surface area contributed by atoms with Crippen molar-refractivity contribution < 1.29 is 18.8 Å². The minimum absolute atomic E-state index is 0.0350. The van der Waals surface area contributed by atoms with Gasteiger partial charge in [0, 0.05) is 31.4 Å². The van der Waals surface area contributed by atoms with E-state index in [1.165, 1.54) is 5.56 Å². The van der Waals surface area contributed by atoms with Crippen LogP contribution in [-0.2, 0) is 19.5 Å². The highest BCUT2D eigenvalue weighted by Gasteiger charge is 2.52. The first-order chi connectivity index (χ1) is 14.2. The van der Waals surface area contributed by atoms with Gasteiger partial charge in [0.05, 0.1) is 16.9 Å². The van der Waals surface area contributed by atoms with E-state index in [-0.39, 0.29) is 11.3 Å². The van der Waals surface area contributed by atoms with Crippen LogP contribution in [0.25, 0.3) is 0 Å². The molecule has 1 unspecified atom stereocenters. The molecule has 1 aromatic rings. The van der Waals surface area contributed by atoms with E-state index in [0.29, 0.717) is 11.3 Å². The minimum Gasteiger partial charge on any atom is -0.399 e. The van der Waals surface area contributed by atoms with Crippen LogP contribution in [0.4, 0.5) is 0 Å². The molecule has 1 amide bonds. The molecule has 1 fully saturated rings. The highest BCUT2D eigenvalue weighted by Crippen LogP contribution is 2.39. The Morgan fingerprint density at radius 1 is 1.10 bits per heavy atom. The predicted molar refractivity (Wildman–Crippen MR) is 123 cm³/mol. The number of carbonyl (C=O) groups excluding carboxylic acids is 1. The Morgan fingerprint density at radius 2 is 1.65 bits per heavy atom. The molecule has 1 saturated heterocycles. The molecule has 0 aromatic heterocycles. The van der Waals surface area contributed by atoms with Crippen LogP contribution >= 0.6 is 0 Å². The lowest BCUT2D eigenvalue weighted by molar-refractivity contribution is 0.00578. The number of benzene rings is 1. The molecule has 3 rings (SSSR count). The van der Waals surface area contributed by atoms with Crippen LogP contribution in [0, 0.1) is 0 Å². The van der Waals surface area contributed by atoms with Crippen LogP contribution in [0.1, 0.15) is 64.4 Å². The molecule has 6 nitrogen and oxygen atoms in total. The molecule has 2 aliphatic heterocycles. The summed E-state index contributed by atoms with van der Waals surface area (Å²) in [7, 11) is 2.99. The van der Waals surface area contributed by atoms with Gasteiger partial charge >= 0.3 is 7.12 Å². The Hall–Kier alpha value is -2.09. The molecule has 0 spiro atoms. The van der Waals surface area contributed by atoms with Crippen molar-refractivity contribution >= 4 is 13.0 Å². The summed E-state index contributed by atoms with van der Waals surface area (Å²) in [5.41, 5.74) is 2.39. The number of carbonyl (C=O) groups is 1. The molecule has 0 bridgehead atoms. The van der Waals surface area contributed by atoms with E-state index in [4.69, 9.17) is 14.0 Å². The second-order valence-electron chi connectivity index (χ2n) is 10.4. The maximum Gasteiger partial charge on any atom is 0.496 e. The molecule has 168 valence electrons.